The Morgan fingerprint density at radius 2 is 2.27 bits per heavy atom. The SMILES string of the molecule is CCOC(=O)c1nc(N(C)CCN2CCCC2=O)ccc1Br. The molecule has 0 unspecified atom stereocenters. The van der Waals surface area contributed by atoms with Crippen LogP contribution in [-0.2, 0) is 9.53 Å². The molecule has 0 radical (unpaired) electrons. The number of carbonyl (C=O) groups excluding carboxylic acids is 2. The molecule has 7 heteroatoms. The van der Waals surface area contributed by atoms with Crippen molar-refractivity contribution in [3.05, 3.63) is 22.3 Å². The maximum Gasteiger partial charge on any atom is 0.358 e. The Balaban J connectivity index is 2.03. The Morgan fingerprint density at radius 3 is 2.91 bits per heavy atom. The molecule has 1 aliphatic heterocycles. The summed E-state index contributed by atoms with van der Waals surface area (Å²) in [7, 11) is 1.89. The number of anilines is 1. The monoisotopic (exact) mass is 369 g/mol. The second-order valence-corrected chi connectivity index (χ2v) is 5.98. The van der Waals surface area contributed by atoms with E-state index in [9.17, 15) is 9.59 Å². The van der Waals surface area contributed by atoms with Crippen LogP contribution < -0.4 is 4.90 Å². The molecule has 0 aliphatic carbocycles. The van der Waals surface area contributed by atoms with E-state index in [4.69, 9.17) is 4.74 Å². The quantitative estimate of drug-likeness (QED) is 0.718. The van der Waals surface area contributed by atoms with E-state index in [1.54, 1.807) is 13.0 Å². The van der Waals surface area contributed by atoms with Gasteiger partial charge >= 0.3 is 5.97 Å². The predicted octanol–water partition coefficient (Wildman–Crippen LogP) is 2.08. The average Bonchev–Trinajstić information content (AvgIpc) is 2.90. The Morgan fingerprint density at radius 1 is 1.50 bits per heavy atom. The van der Waals surface area contributed by atoms with Gasteiger partial charge in [-0.1, -0.05) is 0 Å². The van der Waals surface area contributed by atoms with Crippen molar-refractivity contribution in [1.29, 1.82) is 0 Å². The van der Waals surface area contributed by atoms with E-state index in [0.717, 1.165) is 13.0 Å². The number of rotatable bonds is 6. The van der Waals surface area contributed by atoms with Crippen molar-refractivity contribution in [1.82, 2.24) is 9.88 Å². The molecule has 1 aromatic rings. The molecule has 22 heavy (non-hydrogen) atoms. The number of amides is 1. The van der Waals surface area contributed by atoms with Crippen molar-refractivity contribution < 1.29 is 14.3 Å². The highest BCUT2D eigenvalue weighted by Crippen LogP contribution is 2.20. The first-order chi connectivity index (χ1) is 10.5. The molecule has 0 N–H and O–H groups in total. The molecule has 1 saturated heterocycles. The van der Waals surface area contributed by atoms with Crippen molar-refractivity contribution in [2.24, 2.45) is 0 Å². The van der Waals surface area contributed by atoms with Gasteiger partial charge in [-0.25, -0.2) is 9.78 Å². The van der Waals surface area contributed by atoms with Crippen LogP contribution in [0.5, 0.6) is 0 Å². The van der Waals surface area contributed by atoms with E-state index in [1.165, 1.54) is 0 Å². The van der Waals surface area contributed by atoms with Crippen LogP contribution in [0.25, 0.3) is 0 Å². The topological polar surface area (TPSA) is 62.7 Å². The lowest BCUT2D eigenvalue weighted by Gasteiger charge is -2.23. The van der Waals surface area contributed by atoms with E-state index in [2.05, 4.69) is 20.9 Å². The smallest absolute Gasteiger partial charge is 0.358 e. The van der Waals surface area contributed by atoms with Gasteiger partial charge in [0.2, 0.25) is 5.91 Å². The molecule has 0 atom stereocenters. The van der Waals surface area contributed by atoms with Gasteiger partial charge in [0.1, 0.15) is 5.82 Å². The van der Waals surface area contributed by atoms with Crippen LogP contribution in [0.4, 0.5) is 5.82 Å². The molecule has 0 spiro atoms. The molecule has 2 heterocycles. The third-order valence-corrected chi connectivity index (χ3v) is 4.21. The first kappa shape index (κ1) is 16.7. The Hall–Kier alpha value is -1.63. The van der Waals surface area contributed by atoms with Crippen LogP contribution in [0.3, 0.4) is 0 Å². The number of halogens is 1. The second kappa shape index (κ2) is 7.58. The predicted molar refractivity (Wildman–Crippen MR) is 87.0 cm³/mol. The van der Waals surface area contributed by atoms with Crippen LogP contribution in [0, 0.1) is 0 Å². The summed E-state index contributed by atoms with van der Waals surface area (Å²) >= 11 is 3.32. The highest BCUT2D eigenvalue weighted by Gasteiger charge is 2.20. The average molecular weight is 370 g/mol. The number of likely N-dealkylation sites (N-methyl/N-ethyl adjacent to an activating group) is 1. The zero-order valence-electron chi connectivity index (χ0n) is 12.8. The number of pyridine rings is 1. The fourth-order valence-electron chi connectivity index (χ4n) is 2.31. The summed E-state index contributed by atoms with van der Waals surface area (Å²) in [6.45, 7) is 4.23. The standard InChI is InChI=1S/C15H20BrN3O3/c1-3-22-15(21)14-11(16)6-7-12(17-14)18(2)9-10-19-8-4-5-13(19)20/h6-7H,3-5,8-10H2,1-2H3. The van der Waals surface area contributed by atoms with Crippen molar-refractivity contribution in [2.45, 2.75) is 19.8 Å². The summed E-state index contributed by atoms with van der Waals surface area (Å²) in [5.74, 6) is 0.446. The van der Waals surface area contributed by atoms with Crippen molar-refractivity contribution in [3.8, 4) is 0 Å². The van der Waals surface area contributed by atoms with Gasteiger partial charge in [0, 0.05) is 33.1 Å². The van der Waals surface area contributed by atoms with Gasteiger partial charge in [0.25, 0.3) is 0 Å². The number of hydrogen-bond acceptors (Lipinski definition) is 5. The molecule has 0 saturated carbocycles. The van der Waals surface area contributed by atoms with Crippen LogP contribution in [-0.4, -0.2) is 55.0 Å². The van der Waals surface area contributed by atoms with Gasteiger partial charge in [-0.3, -0.25) is 4.79 Å². The summed E-state index contributed by atoms with van der Waals surface area (Å²) in [5, 5.41) is 0. The van der Waals surface area contributed by atoms with E-state index in [1.807, 2.05) is 22.9 Å². The lowest BCUT2D eigenvalue weighted by molar-refractivity contribution is -0.127. The minimum absolute atomic E-state index is 0.212. The first-order valence-corrected chi connectivity index (χ1v) is 8.14. The highest BCUT2D eigenvalue weighted by molar-refractivity contribution is 9.10. The van der Waals surface area contributed by atoms with Crippen molar-refractivity contribution >= 4 is 33.6 Å². The highest BCUT2D eigenvalue weighted by atomic mass is 79.9. The molecule has 6 nitrogen and oxygen atoms in total. The maximum atomic E-state index is 11.9. The maximum absolute atomic E-state index is 11.9. The molecule has 1 aliphatic rings. The summed E-state index contributed by atoms with van der Waals surface area (Å²) in [6, 6.07) is 3.62. The zero-order valence-corrected chi connectivity index (χ0v) is 14.4. The summed E-state index contributed by atoms with van der Waals surface area (Å²) in [5.41, 5.74) is 0.267. The number of nitrogens with zero attached hydrogens (tertiary/aromatic N) is 3. The van der Waals surface area contributed by atoms with E-state index < -0.39 is 5.97 Å². The Labute approximate surface area is 138 Å². The molecule has 120 valence electrons. The van der Waals surface area contributed by atoms with Crippen LogP contribution in [0.2, 0.25) is 0 Å². The van der Waals surface area contributed by atoms with Crippen LogP contribution in [0.1, 0.15) is 30.3 Å². The summed E-state index contributed by atoms with van der Waals surface area (Å²) in [6.07, 6.45) is 1.58. The number of carbonyl (C=O) groups is 2. The zero-order chi connectivity index (χ0) is 16.1. The van der Waals surface area contributed by atoms with Crippen LogP contribution >= 0.6 is 15.9 Å². The molecule has 0 aromatic carbocycles. The lowest BCUT2D eigenvalue weighted by Crippen LogP contribution is -2.34. The first-order valence-electron chi connectivity index (χ1n) is 7.35. The fourth-order valence-corrected chi connectivity index (χ4v) is 2.70. The minimum atomic E-state index is -0.445. The number of ether oxygens (including phenoxy) is 1. The second-order valence-electron chi connectivity index (χ2n) is 5.13. The van der Waals surface area contributed by atoms with Crippen molar-refractivity contribution in [2.75, 3.05) is 38.2 Å². The molecule has 0 bridgehead atoms. The minimum Gasteiger partial charge on any atom is -0.461 e. The molecule has 1 fully saturated rings. The Bertz CT molecular complexity index is 565. The van der Waals surface area contributed by atoms with Gasteiger partial charge in [0.15, 0.2) is 5.69 Å². The van der Waals surface area contributed by atoms with Gasteiger partial charge in [-0.15, -0.1) is 0 Å². The molecule has 1 aromatic heterocycles. The Kier molecular flexibility index (Phi) is 5.76. The normalized spacial score (nSPS) is 14.3. The van der Waals surface area contributed by atoms with E-state index >= 15 is 0 Å². The van der Waals surface area contributed by atoms with Gasteiger partial charge in [-0.05, 0) is 41.4 Å². The lowest BCUT2D eigenvalue weighted by atomic mass is 10.3. The third kappa shape index (κ3) is 3.97. The van der Waals surface area contributed by atoms with Gasteiger partial charge in [-0.2, -0.15) is 0 Å². The summed E-state index contributed by atoms with van der Waals surface area (Å²) in [4.78, 5) is 31.6. The van der Waals surface area contributed by atoms with E-state index in [-0.39, 0.29) is 11.6 Å². The molecular formula is C15H20BrN3O3. The number of hydrogen-bond donors (Lipinski definition) is 0. The molecule has 2 rings (SSSR count). The summed E-state index contributed by atoms with van der Waals surface area (Å²) < 4.78 is 5.61. The van der Waals surface area contributed by atoms with Crippen LogP contribution in [0.15, 0.2) is 16.6 Å². The van der Waals surface area contributed by atoms with Crippen molar-refractivity contribution in [3.63, 3.8) is 0 Å². The number of likely N-dealkylation sites (tertiary alicyclic amines) is 1. The number of aromatic nitrogens is 1. The fraction of sp³-hybridized carbons (Fsp3) is 0.533. The largest absolute Gasteiger partial charge is 0.461 e. The number of esters is 1. The van der Waals surface area contributed by atoms with Gasteiger partial charge < -0.3 is 14.5 Å². The van der Waals surface area contributed by atoms with E-state index in [0.29, 0.717) is 36.4 Å². The van der Waals surface area contributed by atoms with Gasteiger partial charge in [0.05, 0.1) is 11.1 Å². The third-order valence-electron chi connectivity index (χ3n) is 3.57. The molecular weight excluding hydrogens is 350 g/mol. The molecule has 1 amide bonds.